The number of amides is 1. The van der Waals surface area contributed by atoms with Gasteiger partial charge in [-0.2, -0.15) is 0 Å². The summed E-state index contributed by atoms with van der Waals surface area (Å²) >= 11 is 0. The lowest BCUT2D eigenvalue weighted by Gasteiger charge is -2.36. The van der Waals surface area contributed by atoms with Gasteiger partial charge in [-0.3, -0.25) is 4.79 Å². The van der Waals surface area contributed by atoms with Crippen molar-refractivity contribution in [3.8, 4) is 5.75 Å². The van der Waals surface area contributed by atoms with Crippen molar-refractivity contribution in [2.24, 2.45) is 17.8 Å². The Bertz CT molecular complexity index is 637. The average molecular weight is 409 g/mol. The minimum atomic E-state index is -4.84. The number of hydrogen-bond donors (Lipinski definition) is 2. The largest absolute Gasteiger partial charge is 0.573 e. The quantitative estimate of drug-likeness (QED) is 0.804. The van der Waals surface area contributed by atoms with Crippen molar-refractivity contribution in [2.75, 3.05) is 32.8 Å². The molecule has 5 nitrogen and oxygen atoms in total. The number of ether oxygens (including phenoxy) is 1. The van der Waals surface area contributed by atoms with E-state index in [0.717, 1.165) is 32.0 Å². The van der Waals surface area contributed by atoms with Gasteiger partial charge in [0.1, 0.15) is 5.75 Å². The van der Waals surface area contributed by atoms with E-state index < -0.39 is 18.0 Å². The zero-order valence-corrected chi connectivity index (χ0v) is 15.6. The maximum Gasteiger partial charge on any atom is 0.573 e. The molecule has 1 amide bonds. The van der Waals surface area contributed by atoms with Gasteiger partial charge >= 0.3 is 6.36 Å². The molecule has 0 aromatic heterocycles. The van der Waals surface area contributed by atoms with Crippen molar-refractivity contribution in [2.45, 2.75) is 19.2 Å². The lowest BCUT2D eigenvalue weighted by atomic mass is 9.78. The van der Waals surface area contributed by atoms with Crippen molar-refractivity contribution in [3.05, 3.63) is 29.8 Å². The molecular formula is C18H24ClF3N2O3. The predicted molar refractivity (Wildman–Crippen MR) is 95.9 cm³/mol. The second-order valence-corrected chi connectivity index (χ2v) is 6.94. The van der Waals surface area contributed by atoms with E-state index in [2.05, 4.69) is 10.1 Å². The Morgan fingerprint density at radius 3 is 2.52 bits per heavy atom. The molecule has 2 aliphatic heterocycles. The molecule has 27 heavy (non-hydrogen) atoms. The Labute approximate surface area is 162 Å². The van der Waals surface area contributed by atoms with Crippen molar-refractivity contribution >= 4 is 18.3 Å². The van der Waals surface area contributed by atoms with Crippen LogP contribution in [0.15, 0.2) is 24.3 Å². The van der Waals surface area contributed by atoms with Gasteiger partial charge in [-0.25, -0.2) is 0 Å². The maximum absolute atomic E-state index is 12.7. The highest BCUT2D eigenvalue weighted by atomic mass is 35.5. The number of benzene rings is 1. The van der Waals surface area contributed by atoms with Gasteiger partial charge in [0.05, 0.1) is 5.56 Å². The number of aliphatic hydroxyl groups excluding tert-OH is 1. The van der Waals surface area contributed by atoms with Crippen molar-refractivity contribution < 1.29 is 27.8 Å². The fourth-order valence-electron chi connectivity index (χ4n) is 4.06. The van der Waals surface area contributed by atoms with Gasteiger partial charge in [0.25, 0.3) is 5.91 Å². The van der Waals surface area contributed by atoms with Gasteiger partial charge in [0.15, 0.2) is 0 Å². The van der Waals surface area contributed by atoms with Gasteiger partial charge in [0.2, 0.25) is 0 Å². The number of alkyl halides is 3. The highest BCUT2D eigenvalue weighted by molar-refractivity contribution is 5.97. The Balaban J connectivity index is 0.00000261. The van der Waals surface area contributed by atoms with Gasteiger partial charge in [0, 0.05) is 26.2 Å². The fourth-order valence-corrected chi connectivity index (χ4v) is 4.06. The van der Waals surface area contributed by atoms with Crippen LogP contribution >= 0.6 is 12.4 Å². The summed E-state index contributed by atoms with van der Waals surface area (Å²) in [7, 11) is 0. The number of hydrogen-bond acceptors (Lipinski definition) is 4. The maximum atomic E-state index is 12.7. The molecule has 2 aliphatic rings. The molecule has 1 aromatic rings. The monoisotopic (exact) mass is 408 g/mol. The molecule has 0 saturated carbocycles. The number of halogens is 4. The van der Waals surface area contributed by atoms with Crippen LogP contribution in [0.4, 0.5) is 13.2 Å². The third kappa shape index (κ3) is 5.27. The topological polar surface area (TPSA) is 61.8 Å². The lowest BCUT2D eigenvalue weighted by Crippen LogP contribution is -2.41. The van der Waals surface area contributed by atoms with Crippen LogP contribution in [0.1, 0.15) is 23.2 Å². The van der Waals surface area contributed by atoms with Gasteiger partial charge < -0.3 is 20.1 Å². The molecule has 9 heteroatoms. The van der Waals surface area contributed by atoms with Crippen LogP contribution in [0.5, 0.6) is 5.75 Å². The summed E-state index contributed by atoms with van der Waals surface area (Å²) in [5.41, 5.74) is -0.0703. The highest BCUT2D eigenvalue weighted by Gasteiger charge is 2.37. The standard InChI is InChI=1S/C18H23F3N2O3.ClH/c19-18(20,21)26-16-4-2-1-3-14(16)17(25)23-7-5-12(6-8-23)15-10-22-9-13(15)11-24;/h1-4,12-13,15,22,24H,5-11H2;1H/t13-,15-;/m0./s1. The second-order valence-electron chi connectivity index (χ2n) is 6.94. The molecule has 0 bridgehead atoms. The summed E-state index contributed by atoms with van der Waals surface area (Å²) < 4.78 is 41.6. The highest BCUT2D eigenvalue weighted by Crippen LogP contribution is 2.34. The molecule has 2 heterocycles. The van der Waals surface area contributed by atoms with Crippen LogP contribution in [-0.4, -0.2) is 55.1 Å². The molecule has 2 fully saturated rings. The first-order valence-electron chi connectivity index (χ1n) is 8.84. The van der Waals surface area contributed by atoms with E-state index in [0.29, 0.717) is 24.9 Å². The van der Waals surface area contributed by atoms with E-state index >= 15 is 0 Å². The van der Waals surface area contributed by atoms with E-state index in [-0.39, 0.29) is 30.5 Å². The summed E-state index contributed by atoms with van der Waals surface area (Å²) in [6, 6.07) is 5.45. The molecule has 2 N–H and O–H groups in total. The van der Waals surface area contributed by atoms with Crippen LogP contribution in [0, 0.1) is 17.8 Å². The predicted octanol–water partition coefficient (Wildman–Crippen LogP) is 2.69. The first kappa shape index (κ1) is 21.8. The van der Waals surface area contributed by atoms with E-state index in [1.807, 2.05) is 0 Å². The Kier molecular flexibility index (Phi) is 7.36. The van der Waals surface area contributed by atoms with E-state index in [1.54, 1.807) is 4.90 Å². The Hall–Kier alpha value is -1.51. The molecule has 3 rings (SSSR count). The van der Waals surface area contributed by atoms with Crippen LogP contribution in [0.3, 0.4) is 0 Å². The van der Waals surface area contributed by atoms with Crippen molar-refractivity contribution in [3.63, 3.8) is 0 Å². The second kappa shape index (κ2) is 9.12. The number of aliphatic hydroxyl groups is 1. The minimum absolute atomic E-state index is 0. The fraction of sp³-hybridized carbons (Fsp3) is 0.611. The minimum Gasteiger partial charge on any atom is -0.405 e. The summed E-state index contributed by atoms with van der Waals surface area (Å²) in [5.74, 6) is 0.133. The molecule has 0 radical (unpaired) electrons. The summed E-state index contributed by atoms with van der Waals surface area (Å²) in [4.78, 5) is 14.3. The third-order valence-electron chi connectivity index (χ3n) is 5.40. The SMILES string of the molecule is Cl.O=C(c1ccccc1OC(F)(F)F)N1CCC([C@@H]2CNC[C@H]2CO)CC1. The van der Waals surface area contributed by atoms with E-state index in [1.165, 1.54) is 18.2 Å². The normalized spacial score (nSPS) is 23.8. The van der Waals surface area contributed by atoms with Crippen LogP contribution in [0.25, 0.3) is 0 Å². The molecule has 152 valence electrons. The number of carbonyl (C=O) groups is 1. The number of carbonyl (C=O) groups excluding carboxylic acids is 1. The molecule has 0 aliphatic carbocycles. The molecule has 0 unspecified atom stereocenters. The van der Waals surface area contributed by atoms with Crippen molar-refractivity contribution in [1.29, 1.82) is 0 Å². The molecule has 0 spiro atoms. The van der Waals surface area contributed by atoms with E-state index in [9.17, 15) is 23.1 Å². The van der Waals surface area contributed by atoms with Crippen LogP contribution in [0.2, 0.25) is 0 Å². The molecule has 2 saturated heterocycles. The first-order chi connectivity index (χ1) is 12.4. The molecule has 1 aromatic carbocycles. The first-order valence-corrected chi connectivity index (χ1v) is 8.84. The zero-order chi connectivity index (χ0) is 18.7. The number of piperidine rings is 1. The summed E-state index contributed by atoms with van der Waals surface area (Å²) in [5, 5.41) is 12.8. The smallest absolute Gasteiger partial charge is 0.405 e. The number of para-hydroxylation sites is 1. The Morgan fingerprint density at radius 1 is 1.22 bits per heavy atom. The molecular weight excluding hydrogens is 385 g/mol. The third-order valence-corrected chi connectivity index (χ3v) is 5.40. The van der Waals surface area contributed by atoms with Crippen LogP contribution in [-0.2, 0) is 0 Å². The molecule has 2 atom stereocenters. The van der Waals surface area contributed by atoms with Gasteiger partial charge in [-0.05, 0) is 49.3 Å². The van der Waals surface area contributed by atoms with Gasteiger partial charge in [-0.1, -0.05) is 12.1 Å². The lowest BCUT2D eigenvalue weighted by molar-refractivity contribution is -0.274. The zero-order valence-electron chi connectivity index (χ0n) is 14.7. The Morgan fingerprint density at radius 2 is 1.89 bits per heavy atom. The number of rotatable bonds is 4. The van der Waals surface area contributed by atoms with E-state index in [4.69, 9.17) is 0 Å². The average Bonchev–Trinajstić information content (AvgIpc) is 3.09. The summed E-state index contributed by atoms with van der Waals surface area (Å²) in [6.45, 7) is 2.82. The summed E-state index contributed by atoms with van der Waals surface area (Å²) in [6.07, 6.45) is -3.26. The number of nitrogens with zero attached hydrogens (tertiary/aromatic N) is 1. The van der Waals surface area contributed by atoms with Gasteiger partial charge in [-0.15, -0.1) is 25.6 Å². The number of likely N-dealkylation sites (tertiary alicyclic amines) is 1. The van der Waals surface area contributed by atoms with Crippen molar-refractivity contribution in [1.82, 2.24) is 10.2 Å². The number of nitrogens with one attached hydrogen (secondary N) is 1. The van der Waals surface area contributed by atoms with Crippen LogP contribution < -0.4 is 10.1 Å².